The molecule has 12 rings (SSSR count). The molecule has 2 aromatic heterocycles. The molecule has 3 heterocycles. The molecule has 65 heavy (non-hydrogen) atoms. The zero-order valence-electron chi connectivity index (χ0n) is 40.4. The molecule has 0 spiro atoms. The Balaban J connectivity index is 1.25. The first-order valence-corrected chi connectivity index (χ1v) is 24.8. The van der Waals surface area contributed by atoms with Crippen molar-refractivity contribution < 1.29 is 0 Å². The number of rotatable bonds is 3. The minimum Gasteiger partial charge on any atom is -0.355 e. The quantitative estimate of drug-likeness (QED) is 0.175. The summed E-state index contributed by atoms with van der Waals surface area (Å²) in [5, 5.41) is 9.56. The number of aromatic nitrogens is 1. The van der Waals surface area contributed by atoms with Crippen LogP contribution in [0.4, 0.5) is 11.4 Å². The molecule has 4 heteroatoms. The predicted octanol–water partition coefficient (Wildman–Crippen LogP) is 15.5. The van der Waals surface area contributed by atoms with Gasteiger partial charge >= 0.3 is 0 Å². The van der Waals surface area contributed by atoms with Crippen molar-refractivity contribution in [1.82, 2.24) is 4.57 Å². The van der Waals surface area contributed by atoms with Crippen molar-refractivity contribution in [2.75, 3.05) is 5.32 Å². The zero-order chi connectivity index (χ0) is 45.3. The highest BCUT2D eigenvalue weighted by Gasteiger charge is 2.41. The smallest absolute Gasteiger partial charge is 0.198 e. The average Bonchev–Trinajstić information content (AvgIpc) is 3.88. The highest BCUT2D eigenvalue weighted by Crippen LogP contribution is 2.54. The van der Waals surface area contributed by atoms with Gasteiger partial charge in [-0.1, -0.05) is 155 Å². The predicted molar refractivity (Wildman–Crippen MR) is 285 cm³/mol. The highest BCUT2D eigenvalue weighted by atomic mass is 32.1. The number of nitrogens with one attached hydrogen (secondary N) is 1. The van der Waals surface area contributed by atoms with Gasteiger partial charge in [0.15, 0.2) is 7.28 Å². The molecule has 0 saturated carbocycles. The molecule has 324 valence electrons. The lowest BCUT2D eigenvalue weighted by Gasteiger charge is -2.42. The van der Waals surface area contributed by atoms with Gasteiger partial charge in [0.2, 0.25) is 0 Å². The van der Waals surface area contributed by atoms with E-state index in [1.807, 2.05) is 11.3 Å². The lowest BCUT2D eigenvalue weighted by Crippen LogP contribution is -2.38. The SMILES string of the molecule is CC(C)(C)c1ccc(Nc2ccc(C(C)(C)C)cc2-c2c3c4c(c5cc6c(cc5n4-c4cc5c(cc4B3)C(C)(C)c3ccccc3-5)C(C)(C)CCC6(C)C)c3sc4ccccc4c23)cc1. The Hall–Kier alpha value is -5.58. The van der Waals surface area contributed by atoms with E-state index in [9.17, 15) is 0 Å². The van der Waals surface area contributed by atoms with Crippen LogP contribution in [-0.4, -0.2) is 11.8 Å². The number of nitrogens with zero attached hydrogens (tertiary/aromatic N) is 1. The third kappa shape index (κ3) is 5.84. The van der Waals surface area contributed by atoms with Crippen LogP contribution in [0, 0.1) is 0 Å². The van der Waals surface area contributed by atoms with Crippen LogP contribution < -0.4 is 16.2 Å². The summed E-state index contributed by atoms with van der Waals surface area (Å²) >= 11 is 1.99. The zero-order valence-corrected chi connectivity index (χ0v) is 41.3. The maximum absolute atomic E-state index is 4.02. The summed E-state index contributed by atoms with van der Waals surface area (Å²) in [6.07, 6.45) is 2.37. The van der Waals surface area contributed by atoms with Crippen LogP contribution in [0.15, 0.2) is 115 Å². The van der Waals surface area contributed by atoms with Gasteiger partial charge in [-0.25, -0.2) is 0 Å². The van der Waals surface area contributed by atoms with E-state index in [1.165, 1.54) is 127 Å². The molecule has 0 saturated heterocycles. The number of benzene rings is 7. The molecule has 9 aromatic rings. The lowest BCUT2D eigenvalue weighted by atomic mass is 9.57. The van der Waals surface area contributed by atoms with E-state index in [2.05, 4.69) is 208 Å². The monoisotopic (exact) mass is 864 g/mol. The Morgan fingerprint density at radius 2 is 1.25 bits per heavy atom. The van der Waals surface area contributed by atoms with E-state index in [1.54, 1.807) is 0 Å². The first-order valence-electron chi connectivity index (χ1n) is 24.0. The molecule has 7 aromatic carbocycles. The molecule has 2 aliphatic carbocycles. The van der Waals surface area contributed by atoms with Gasteiger partial charge in [0.25, 0.3) is 0 Å². The summed E-state index contributed by atoms with van der Waals surface area (Å²) in [5.41, 5.74) is 23.2. The molecule has 0 amide bonds. The second-order valence-corrected chi connectivity index (χ2v) is 24.8. The van der Waals surface area contributed by atoms with Gasteiger partial charge in [-0.3, -0.25) is 0 Å². The van der Waals surface area contributed by atoms with Crippen molar-refractivity contribution in [3.63, 3.8) is 0 Å². The standard InChI is InChI=1S/C61H61BN2S/c1-57(2,3)34-21-24-36(25-22-34)63-47-26-23-35(58(4,5)6)29-40(47)51-52-38-18-14-16-20-50(38)65-56(52)53-41-30-44-45(60(9,10)28-27-59(44,7)8)33-48(41)64-49-31-39-37-17-13-15-19-42(37)61(11,12)43(39)32-46(49)62-54(51)55(53)64/h13-26,29-33,62-63H,27-28H2,1-12H3. The summed E-state index contributed by atoms with van der Waals surface area (Å²) in [5.74, 6) is 0. The van der Waals surface area contributed by atoms with Crippen molar-refractivity contribution in [1.29, 1.82) is 0 Å². The molecule has 1 aliphatic heterocycles. The summed E-state index contributed by atoms with van der Waals surface area (Å²) < 4.78 is 5.48. The van der Waals surface area contributed by atoms with Crippen LogP contribution >= 0.6 is 11.3 Å². The van der Waals surface area contributed by atoms with E-state index in [0.717, 1.165) is 18.7 Å². The van der Waals surface area contributed by atoms with Crippen LogP contribution in [0.2, 0.25) is 0 Å². The van der Waals surface area contributed by atoms with Crippen molar-refractivity contribution in [3.05, 3.63) is 149 Å². The van der Waals surface area contributed by atoms with Gasteiger partial charge in [-0.15, -0.1) is 11.3 Å². The van der Waals surface area contributed by atoms with Gasteiger partial charge in [0, 0.05) is 59.0 Å². The summed E-state index contributed by atoms with van der Waals surface area (Å²) in [4.78, 5) is 0. The minimum atomic E-state index is -0.0962. The highest BCUT2D eigenvalue weighted by molar-refractivity contribution is 7.27. The van der Waals surface area contributed by atoms with E-state index < -0.39 is 0 Å². The molecule has 0 radical (unpaired) electrons. The maximum Gasteiger partial charge on any atom is 0.198 e. The second-order valence-electron chi connectivity index (χ2n) is 23.7. The van der Waals surface area contributed by atoms with Crippen molar-refractivity contribution in [2.24, 2.45) is 0 Å². The average molecular weight is 865 g/mol. The van der Waals surface area contributed by atoms with Crippen LogP contribution in [-0.2, 0) is 27.1 Å². The Morgan fingerprint density at radius 3 is 1.97 bits per heavy atom. The molecular formula is C61H61BN2S. The van der Waals surface area contributed by atoms with E-state index in [0.29, 0.717) is 0 Å². The Kier molecular flexibility index (Phi) is 8.36. The molecule has 1 N–H and O–H groups in total. The van der Waals surface area contributed by atoms with Crippen LogP contribution in [0.3, 0.4) is 0 Å². The van der Waals surface area contributed by atoms with Crippen LogP contribution in [0.25, 0.3) is 69.9 Å². The largest absolute Gasteiger partial charge is 0.355 e. The Morgan fingerprint density at radius 1 is 0.585 bits per heavy atom. The Bertz CT molecular complexity index is 3520. The van der Waals surface area contributed by atoms with Crippen molar-refractivity contribution >= 4 is 82.9 Å². The van der Waals surface area contributed by atoms with Crippen molar-refractivity contribution in [3.8, 4) is 27.9 Å². The second kappa shape index (κ2) is 13.3. The summed E-state index contributed by atoms with van der Waals surface area (Å²) in [6, 6.07) is 45.2. The van der Waals surface area contributed by atoms with Gasteiger partial charge in [0.05, 0.1) is 11.0 Å². The Labute approximate surface area is 390 Å². The number of hydrogen-bond acceptors (Lipinski definition) is 2. The number of hydrogen-bond donors (Lipinski definition) is 1. The van der Waals surface area contributed by atoms with Crippen LogP contribution in [0.1, 0.15) is 129 Å². The first kappa shape index (κ1) is 40.9. The van der Waals surface area contributed by atoms with Crippen LogP contribution in [0.5, 0.6) is 0 Å². The molecule has 0 fully saturated rings. The van der Waals surface area contributed by atoms with Gasteiger partial charge in [-0.2, -0.15) is 0 Å². The van der Waals surface area contributed by atoms with E-state index in [-0.39, 0.29) is 27.1 Å². The molecule has 0 bridgehead atoms. The van der Waals surface area contributed by atoms with Crippen molar-refractivity contribution in [2.45, 2.75) is 123 Å². The first-order chi connectivity index (χ1) is 30.7. The number of anilines is 2. The van der Waals surface area contributed by atoms with E-state index in [4.69, 9.17) is 0 Å². The third-order valence-corrected chi connectivity index (χ3v) is 17.4. The fourth-order valence-electron chi connectivity index (χ4n) is 12.2. The molecule has 3 aliphatic rings. The number of fused-ring (bicyclic) bond motifs is 13. The molecule has 0 atom stereocenters. The van der Waals surface area contributed by atoms with Gasteiger partial charge in [0.1, 0.15) is 0 Å². The van der Waals surface area contributed by atoms with Gasteiger partial charge in [-0.05, 0) is 139 Å². The number of thiophene rings is 1. The summed E-state index contributed by atoms with van der Waals surface area (Å²) in [7, 11) is 0.855. The topological polar surface area (TPSA) is 17.0 Å². The lowest BCUT2D eigenvalue weighted by molar-refractivity contribution is 0.332. The normalized spacial score (nSPS) is 16.7. The molecule has 0 unspecified atom stereocenters. The fraction of sp³-hybridized carbons (Fsp3) is 0.311. The summed E-state index contributed by atoms with van der Waals surface area (Å²) in [6.45, 7) is 28.7. The van der Waals surface area contributed by atoms with E-state index >= 15 is 0 Å². The fourth-order valence-corrected chi connectivity index (χ4v) is 13.4. The molecular weight excluding hydrogens is 804 g/mol. The molecule has 2 nitrogen and oxygen atoms in total. The minimum absolute atomic E-state index is 0.0416. The third-order valence-electron chi connectivity index (χ3n) is 16.2. The maximum atomic E-state index is 4.02. The van der Waals surface area contributed by atoms with Gasteiger partial charge < -0.3 is 9.88 Å².